The van der Waals surface area contributed by atoms with Gasteiger partial charge >= 0.3 is 0 Å². The Morgan fingerprint density at radius 1 is 1.08 bits per heavy atom. The van der Waals surface area contributed by atoms with Crippen molar-refractivity contribution in [2.45, 2.75) is 41.5 Å². The Hall–Kier alpha value is -0.790. The Morgan fingerprint density at radius 3 is 1.54 bits per heavy atom. The van der Waals surface area contributed by atoms with Gasteiger partial charge < -0.3 is 0 Å². The van der Waals surface area contributed by atoms with Crippen LogP contribution in [-0.2, 0) is 7.05 Å². The summed E-state index contributed by atoms with van der Waals surface area (Å²) in [5.41, 5.74) is 0.500. The fourth-order valence-corrected chi connectivity index (χ4v) is 0.345. The predicted octanol–water partition coefficient (Wildman–Crippen LogP) is 3.50. The zero-order valence-corrected chi connectivity index (χ0v) is 10.1. The van der Waals surface area contributed by atoms with Crippen molar-refractivity contribution in [3.63, 3.8) is 0 Å². The monoisotopic (exact) mass is 184 g/mol. The van der Waals surface area contributed by atoms with E-state index in [1.165, 1.54) is 0 Å². The maximum absolute atomic E-state index is 3.83. The van der Waals surface area contributed by atoms with Crippen molar-refractivity contribution < 1.29 is 0 Å². The minimum absolute atomic E-state index is 0.500. The Kier molecular flexibility index (Phi) is 8.87. The molecule has 0 aliphatic carbocycles. The molecule has 1 rings (SSSR count). The molecule has 0 atom stereocenters. The van der Waals surface area contributed by atoms with Crippen LogP contribution < -0.4 is 0 Å². The van der Waals surface area contributed by atoms with Gasteiger partial charge in [0.05, 0.1) is 0 Å². The molecule has 0 radical (unpaired) electrons. The van der Waals surface area contributed by atoms with Gasteiger partial charge in [-0.15, -0.1) is 0 Å². The van der Waals surface area contributed by atoms with Crippen molar-refractivity contribution in [1.82, 2.24) is 9.78 Å². The van der Waals surface area contributed by atoms with E-state index in [1.54, 1.807) is 10.9 Å². The summed E-state index contributed by atoms with van der Waals surface area (Å²) in [6.45, 7) is 12.8. The van der Waals surface area contributed by atoms with Crippen LogP contribution in [0.1, 0.15) is 41.5 Å². The van der Waals surface area contributed by atoms with Gasteiger partial charge in [0.25, 0.3) is 0 Å². The lowest BCUT2D eigenvalue weighted by molar-refractivity contribution is 0.469. The summed E-state index contributed by atoms with van der Waals surface area (Å²) in [7, 11) is 1.89. The average Bonchev–Trinajstić information content (AvgIpc) is 2.40. The molecule has 2 heteroatoms. The molecule has 0 saturated carbocycles. The quantitative estimate of drug-likeness (QED) is 0.603. The molecule has 0 N–H and O–H groups in total. The molecule has 0 aliphatic heterocycles. The zero-order chi connectivity index (χ0) is 10.9. The summed E-state index contributed by atoms with van der Waals surface area (Å²) in [5.74, 6) is 0. The number of aryl methyl sites for hydroxylation is 1. The molecule has 0 saturated heterocycles. The fraction of sp³-hybridized carbons (Fsp3) is 0.727. The van der Waals surface area contributed by atoms with Crippen molar-refractivity contribution >= 4 is 0 Å². The highest BCUT2D eigenvalue weighted by atomic mass is 15.2. The normalized spacial score (nSPS) is 9.15. The second-order valence-corrected chi connectivity index (χ2v) is 4.18. The van der Waals surface area contributed by atoms with Gasteiger partial charge in [-0.3, -0.25) is 4.68 Å². The molecule has 0 amide bonds. The van der Waals surface area contributed by atoms with Crippen molar-refractivity contribution in [2.24, 2.45) is 12.5 Å². The van der Waals surface area contributed by atoms with Gasteiger partial charge in [0.1, 0.15) is 0 Å². The van der Waals surface area contributed by atoms with Crippen LogP contribution in [0.2, 0.25) is 0 Å². The van der Waals surface area contributed by atoms with Crippen LogP contribution in [-0.4, -0.2) is 9.78 Å². The molecular weight excluding hydrogens is 160 g/mol. The van der Waals surface area contributed by atoms with E-state index >= 15 is 0 Å². The largest absolute Gasteiger partial charge is 0.276 e. The number of hydrogen-bond donors (Lipinski definition) is 0. The smallest absolute Gasteiger partial charge is 0.0489 e. The van der Waals surface area contributed by atoms with E-state index in [0.717, 1.165) is 0 Å². The average molecular weight is 184 g/mol. The van der Waals surface area contributed by atoms with E-state index in [-0.39, 0.29) is 0 Å². The lowest BCUT2D eigenvalue weighted by Crippen LogP contribution is -1.93. The minimum atomic E-state index is 0.500. The summed E-state index contributed by atoms with van der Waals surface area (Å²) >= 11 is 0. The third kappa shape index (κ3) is 24.7. The minimum Gasteiger partial charge on any atom is -0.276 e. The summed E-state index contributed by atoms with van der Waals surface area (Å²) < 4.78 is 1.75. The van der Waals surface area contributed by atoms with E-state index < -0.39 is 0 Å². The maximum Gasteiger partial charge on any atom is 0.0489 e. The van der Waals surface area contributed by atoms with Gasteiger partial charge in [-0.1, -0.05) is 41.5 Å². The highest BCUT2D eigenvalue weighted by Gasteiger charge is 1.95. The first kappa shape index (κ1) is 14.7. The molecule has 0 unspecified atom stereocenters. The van der Waals surface area contributed by atoms with Crippen molar-refractivity contribution in [2.75, 3.05) is 0 Å². The second-order valence-electron chi connectivity index (χ2n) is 4.18. The van der Waals surface area contributed by atoms with Crippen LogP contribution in [0.25, 0.3) is 0 Å². The van der Waals surface area contributed by atoms with Crippen LogP contribution in [0.5, 0.6) is 0 Å². The van der Waals surface area contributed by atoms with E-state index in [4.69, 9.17) is 0 Å². The number of hydrogen-bond acceptors (Lipinski definition) is 1. The molecule has 13 heavy (non-hydrogen) atoms. The molecule has 1 aromatic heterocycles. The molecule has 0 aromatic carbocycles. The zero-order valence-electron chi connectivity index (χ0n) is 10.1. The third-order valence-electron chi connectivity index (χ3n) is 0.637. The molecule has 2 nitrogen and oxygen atoms in total. The third-order valence-corrected chi connectivity index (χ3v) is 0.637. The molecule has 1 heterocycles. The van der Waals surface area contributed by atoms with E-state index in [9.17, 15) is 0 Å². The standard InChI is InChI=1S/C5H12.C4H6N2.C2H6/c1-5(2,3)4;1-6-4-2-3-5-6;1-2/h1-4H3;2-4H,1H3;1-2H3. The van der Waals surface area contributed by atoms with Crippen LogP contribution in [0, 0.1) is 5.41 Å². The van der Waals surface area contributed by atoms with Crippen molar-refractivity contribution in [3.05, 3.63) is 18.5 Å². The topological polar surface area (TPSA) is 17.8 Å². The van der Waals surface area contributed by atoms with Crippen LogP contribution in [0.15, 0.2) is 18.5 Å². The molecule has 0 fully saturated rings. The molecule has 78 valence electrons. The van der Waals surface area contributed by atoms with Gasteiger partial charge in [-0.2, -0.15) is 5.10 Å². The first-order valence-electron chi connectivity index (χ1n) is 4.83. The van der Waals surface area contributed by atoms with Gasteiger partial charge in [-0.05, 0) is 11.5 Å². The number of aromatic nitrogens is 2. The first-order chi connectivity index (χ1) is 5.89. The summed E-state index contributed by atoms with van der Waals surface area (Å²) in [6, 6.07) is 1.89. The predicted molar refractivity (Wildman–Crippen MR) is 59.7 cm³/mol. The Bertz CT molecular complexity index is 164. The van der Waals surface area contributed by atoms with Crippen LogP contribution >= 0.6 is 0 Å². The van der Waals surface area contributed by atoms with Gasteiger partial charge in [0, 0.05) is 19.4 Å². The fourth-order valence-electron chi connectivity index (χ4n) is 0.345. The Morgan fingerprint density at radius 2 is 1.46 bits per heavy atom. The summed E-state index contributed by atoms with van der Waals surface area (Å²) in [6.07, 6.45) is 3.64. The molecule has 0 bridgehead atoms. The van der Waals surface area contributed by atoms with Crippen LogP contribution in [0.3, 0.4) is 0 Å². The SMILES string of the molecule is CC.CC(C)(C)C.Cn1cccn1. The Labute approximate surface area is 83.0 Å². The number of rotatable bonds is 0. The highest BCUT2D eigenvalue weighted by molar-refractivity contribution is 4.75. The van der Waals surface area contributed by atoms with Crippen molar-refractivity contribution in [1.29, 1.82) is 0 Å². The molecule has 0 spiro atoms. The molecular formula is C11H24N2. The Balaban J connectivity index is 0. The van der Waals surface area contributed by atoms with E-state index in [1.807, 2.05) is 33.2 Å². The second kappa shape index (κ2) is 7.84. The summed E-state index contributed by atoms with van der Waals surface area (Å²) in [5, 5.41) is 3.83. The van der Waals surface area contributed by atoms with E-state index in [2.05, 4.69) is 32.8 Å². The van der Waals surface area contributed by atoms with Gasteiger partial charge in [0.15, 0.2) is 0 Å². The summed E-state index contributed by atoms with van der Waals surface area (Å²) in [4.78, 5) is 0. The highest BCUT2D eigenvalue weighted by Crippen LogP contribution is 2.07. The van der Waals surface area contributed by atoms with Crippen LogP contribution in [0.4, 0.5) is 0 Å². The van der Waals surface area contributed by atoms with E-state index in [0.29, 0.717) is 5.41 Å². The maximum atomic E-state index is 3.83. The van der Waals surface area contributed by atoms with Gasteiger partial charge in [-0.25, -0.2) is 0 Å². The van der Waals surface area contributed by atoms with Crippen molar-refractivity contribution in [3.8, 4) is 0 Å². The first-order valence-corrected chi connectivity index (χ1v) is 4.83. The molecule has 1 aromatic rings. The van der Waals surface area contributed by atoms with Gasteiger partial charge in [0.2, 0.25) is 0 Å². The number of nitrogens with zero attached hydrogens (tertiary/aromatic N) is 2. The lowest BCUT2D eigenvalue weighted by Gasteiger charge is -2.05. The lowest BCUT2D eigenvalue weighted by atomic mass is 10.0. The molecule has 0 aliphatic rings.